The van der Waals surface area contributed by atoms with Gasteiger partial charge in [0.05, 0.1) is 19.1 Å². The molecule has 1 fully saturated rings. The number of carboxylic acid groups (broad SMARTS) is 1. The fourth-order valence-electron chi connectivity index (χ4n) is 2.10. The largest absolute Gasteiger partial charge is 0.480 e. The lowest BCUT2D eigenvalue weighted by atomic mass is 10.0. The Morgan fingerprint density at radius 2 is 2.10 bits per heavy atom. The quantitative estimate of drug-likeness (QED) is 0.427. The second-order valence-corrected chi connectivity index (χ2v) is 4.71. The number of aliphatic carboxylic acids is 1. The fourth-order valence-corrected chi connectivity index (χ4v) is 2.10. The summed E-state index contributed by atoms with van der Waals surface area (Å²) in [6, 6.07) is -1.23. The molecule has 1 aliphatic rings. The smallest absolute Gasteiger partial charge is 0.326 e. The molecule has 0 aromatic carbocycles. The summed E-state index contributed by atoms with van der Waals surface area (Å²) in [5, 5.41) is 14.6. The number of likely N-dealkylation sites (N-methyl/N-ethyl adjacent to an activating group) is 1. The Labute approximate surface area is 117 Å². The van der Waals surface area contributed by atoms with Crippen LogP contribution in [0.2, 0.25) is 0 Å². The van der Waals surface area contributed by atoms with E-state index in [-0.39, 0.29) is 31.4 Å². The van der Waals surface area contributed by atoms with Crippen molar-refractivity contribution in [3.05, 3.63) is 0 Å². The second kappa shape index (κ2) is 7.81. The molecule has 2 amide bonds. The predicted molar refractivity (Wildman–Crippen MR) is 69.8 cm³/mol. The minimum absolute atomic E-state index is 0.0180. The Balaban J connectivity index is 2.56. The lowest BCUT2D eigenvalue weighted by Gasteiger charge is -2.20. The van der Waals surface area contributed by atoms with Crippen LogP contribution in [0, 0.1) is 5.92 Å². The number of hydrogen-bond donors (Lipinski definition) is 4. The molecule has 3 atom stereocenters. The highest BCUT2D eigenvalue weighted by Crippen LogP contribution is 2.14. The van der Waals surface area contributed by atoms with Gasteiger partial charge in [-0.2, -0.15) is 0 Å². The first-order valence-electron chi connectivity index (χ1n) is 6.58. The van der Waals surface area contributed by atoms with E-state index in [1.54, 1.807) is 0 Å². The van der Waals surface area contributed by atoms with E-state index in [0.29, 0.717) is 13.2 Å². The SMILES string of the molecule is CCNC1COCC1C(=O)N[C@H](CCC(N)=O)C(=O)O. The number of carbonyl (C=O) groups is 3. The molecule has 8 heteroatoms. The maximum Gasteiger partial charge on any atom is 0.326 e. The molecule has 0 aromatic heterocycles. The van der Waals surface area contributed by atoms with Crippen LogP contribution in [0.3, 0.4) is 0 Å². The van der Waals surface area contributed by atoms with Crippen molar-refractivity contribution in [1.82, 2.24) is 10.6 Å². The van der Waals surface area contributed by atoms with Crippen LogP contribution < -0.4 is 16.4 Å². The third-order valence-corrected chi connectivity index (χ3v) is 3.18. The van der Waals surface area contributed by atoms with E-state index in [9.17, 15) is 14.4 Å². The molecule has 114 valence electrons. The average molecular weight is 287 g/mol. The van der Waals surface area contributed by atoms with Crippen molar-refractivity contribution in [3.63, 3.8) is 0 Å². The van der Waals surface area contributed by atoms with Crippen molar-refractivity contribution >= 4 is 17.8 Å². The molecule has 0 saturated carbocycles. The lowest BCUT2D eigenvalue weighted by Crippen LogP contribution is -2.49. The van der Waals surface area contributed by atoms with Crippen LogP contribution in [0.25, 0.3) is 0 Å². The zero-order valence-electron chi connectivity index (χ0n) is 11.4. The summed E-state index contributed by atoms with van der Waals surface area (Å²) < 4.78 is 5.24. The van der Waals surface area contributed by atoms with Gasteiger partial charge in [0.25, 0.3) is 0 Å². The number of ether oxygens (including phenoxy) is 1. The van der Waals surface area contributed by atoms with E-state index < -0.39 is 23.8 Å². The van der Waals surface area contributed by atoms with Gasteiger partial charge in [0.2, 0.25) is 11.8 Å². The summed E-state index contributed by atoms with van der Waals surface area (Å²) in [6.45, 7) is 3.29. The average Bonchev–Trinajstić information content (AvgIpc) is 2.82. The minimum Gasteiger partial charge on any atom is -0.480 e. The normalized spacial score (nSPS) is 23.2. The summed E-state index contributed by atoms with van der Waals surface area (Å²) in [7, 11) is 0. The molecule has 1 heterocycles. The molecule has 0 radical (unpaired) electrons. The summed E-state index contributed by atoms with van der Waals surface area (Å²) in [6.07, 6.45) is -0.106. The summed E-state index contributed by atoms with van der Waals surface area (Å²) in [5.41, 5.74) is 4.98. The van der Waals surface area contributed by atoms with E-state index in [0.717, 1.165) is 0 Å². The molecule has 0 bridgehead atoms. The number of nitrogens with two attached hydrogens (primary N) is 1. The van der Waals surface area contributed by atoms with Crippen molar-refractivity contribution in [2.24, 2.45) is 11.7 Å². The monoisotopic (exact) mass is 287 g/mol. The molecule has 5 N–H and O–H groups in total. The molecule has 1 aliphatic heterocycles. The Kier molecular flexibility index (Phi) is 6.40. The van der Waals surface area contributed by atoms with Gasteiger partial charge >= 0.3 is 5.97 Å². The maximum absolute atomic E-state index is 12.1. The predicted octanol–water partition coefficient (Wildman–Crippen LogP) is -1.55. The maximum atomic E-state index is 12.1. The van der Waals surface area contributed by atoms with Crippen molar-refractivity contribution in [2.45, 2.75) is 31.8 Å². The number of carbonyl (C=O) groups excluding carboxylic acids is 2. The van der Waals surface area contributed by atoms with Gasteiger partial charge in [-0.25, -0.2) is 4.79 Å². The van der Waals surface area contributed by atoms with E-state index in [1.807, 2.05) is 6.92 Å². The van der Waals surface area contributed by atoms with Gasteiger partial charge < -0.3 is 26.2 Å². The van der Waals surface area contributed by atoms with Crippen molar-refractivity contribution in [3.8, 4) is 0 Å². The van der Waals surface area contributed by atoms with Crippen LogP contribution in [-0.2, 0) is 19.1 Å². The number of carboxylic acids is 1. The van der Waals surface area contributed by atoms with Gasteiger partial charge in [0, 0.05) is 12.5 Å². The zero-order chi connectivity index (χ0) is 15.1. The summed E-state index contributed by atoms with van der Waals surface area (Å²) >= 11 is 0. The van der Waals surface area contributed by atoms with E-state index in [2.05, 4.69) is 10.6 Å². The van der Waals surface area contributed by atoms with E-state index in [4.69, 9.17) is 15.6 Å². The molecule has 1 rings (SSSR count). The lowest BCUT2D eigenvalue weighted by molar-refractivity contribution is -0.143. The molecule has 2 unspecified atom stereocenters. The molecule has 1 saturated heterocycles. The molecular formula is C12H21N3O5. The van der Waals surface area contributed by atoms with E-state index >= 15 is 0 Å². The van der Waals surface area contributed by atoms with Crippen molar-refractivity contribution < 1.29 is 24.2 Å². The second-order valence-electron chi connectivity index (χ2n) is 4.71. The fraction of sp³-hybridized carbons (Fsp3) is 0.750. The first kappa shape index (κ1) is 16.4. The molecule has 0 aromatic rings. The number of rotatable bonds is 8. The van der Waals surface area contributed by atoms with Crippen LogP contribution in [0.5, 0.6) is 0 Å². The first-order valence-corrected chi connectivity index (χ1v) is 6.58. The highest BCUT2D eigenvalue weighted by molar-refractivity contribution is 5.86. The van der Waals surface area contributed by atoms with Gasteiger partial charge in [0.1, 0.15) is 6.04 Å². The van der Waals surface area contributed by atoms with Crippen LogP contribution in [0.4, 0.5) is 0 Å². The standard InChI is InChI=1S/C12H21N3O5/c1-2-14-9-6-20-5-7(9)11(17)15-8(12(18)19)3-4-10(13)16/h7-9,14H,2-6H2,1H3,(H2,13,16)(H,15,17)(H,18,19)/t7?,8-,9?/m1/s1. The van der Waals surface area contributed by atoms with Gasteiger partial charge in [-0.3, -0.25) is 9.59 Å². The van der Waals surface area contributed by atoms with Gasteiger partial charge in [-0.1, -0.05) is 6.92 Å². The van der Waals surface area contributed by atoms with Gasteiger partial charge in [0.15, 0.2) is 0 Å². The molecule has 0 aliphatic carbocycles. The molecule has 0 spiro atoms. The number of nitrogens with one attached hydrogen (secondary N) is 2. The highest BCUT2D eigenvalue weighted by atomic mass is 16.5. The third kappa shape index (κ3) is 4.78. The topological polar surface area (TPSA) is 131 Å². The highest BCUT2D eigenvalue weighted by Gasteiger charge is 2.35. The summed E-state index contributed by atoms with van der Waals surface area (Å²) in [5.74, 6) is -2.59. The zero-order valence-corrected chi connectivity index (χ0v) is 11.4. The molecular weight excluding hydrogens is 266 g/mol. The number of amides is 2. The van der Waals surface area contributed by atoms with Gasteiger partial charge in [-0.05, 0) is 13.0 Å². The van der Waals surface area contributed by atoms with Crippen LogP contribution in [0.1, 0.15) is 19.8 Å². The Hall–Kier alpha value is -1.67. The molecule has 8 nitrogen and oxygen atoms in total. The van der Waals surface area contributed by atoms with Gasteiger partial charge in [-0.15, -0.1) is 0 Å². The molecule has 20 heavy (non-hydrogen) atoms. The van der Waals surface area contributed by atoms with Crippen LogP contribution in [-0.4, -0.2) is 54.7 Å². The Bertz CT molecular complexity index is 374. The third-order valence-electron chi connectivity index (χ3n) is 3.18. The van der Waals surface area contributed by atoms with Crippen molar-refractivity contribution in [2.75, 3.05) is 19.8 Å². The number of primary amides is 1. The number of hydrogen-bond acceptors (Lipinski definition) is 5. The Morgan fingerprint density at radius 3 is 2.65 bits per heavy atom. The minimum atomic E-state index is -1.18. The first-order chi connectivity index (χ1) is 9.45. The van der Waals surface area contributed by atoms with Crippen LogP contribution >= 0.6 is 0 Å². The Morgan fingerprint density at radius 1 is 1.40 bits per heavy atom. The van der Waals surface area contributed by atoms with Crippen LogP contribution in [0.15, 0.2) is 0 Å². The summed E-state index contributed by atoms with van der Waals surface area (Å²) in [4.78, 5) is 33.8. The van der Waals surface area contributed by atoms with E-state index in [1.165, 1.54) is 0 Å². The van der Waals surface area contributed by atoms with Crippen molar-refractivity contribution in [1.29, 1.82) is 0 Å².